The number of likely N-dealkylation sites (tertiary alicyclic amines) is 1. The van der Waals surface area contributed by atoms with E-state index in [1.165, 1.54) is 25.7 Å². The summed E-state index contributed by atoms with van der Waals surface area (Å²) in [6.07, 6.45) is 7.58. The van der Waals surface area contributed by atoms with Crippen LogP contribution in [0.3, 0.4) is 0 Å². The van der Waals surface area contributed by atoms with Gasteiger partial charge < -0.3 is 15.5 Å². The molecule has 5 heteroatoms. The first kappa shape index (κ1) is 15.1. The van der Waals surface area contributed by atoms with Gasteiger partial charge in [-0.3, -0.25) is 4.90 Å². The van der Waals surface area contributed by atoms with Crippen molar-refractivity contribution in [1.29, 1.82) is 0 Å². The van der Waals surface area contributed by atoms with Gasteiger partial charge in [0.1, 0.15) is 0 Å². The third kappa shape index (κ3) is 4.33. The van der Waals surface area contributed by atoms with Crippen LogP contribution in [0.2, 0.25) is 0 Å². The second-order valence-corrected chi connectivity index (χ2v) is 7.14. The fourth-order valence-corrected chi connectivity index (χ4v) is 3.31. The maximum absolute atomic E-state index is 12.0. The second-order valence-electron chi connectivity index (χ2n) is 7.14. The summed E-state index contributed by atoms with van der Waals surface area (Å²) < 4.78 is 0. The molecule has 2 aliphatic carbocycles. The van der Waals surface area contributed by atoms with Crippen LogP contribution in [-0.2, 0) is 0 Å². The van der Waals surface area contributed by atoms with Crippen LogP contribution in [0.1, 0.15) is 45.4 Å². The number of carbonyl (C=O) groups is 1. The van der Waals surface area contributed by atoms with Crippen molar-refractivity contribution in [3.05, 3.63) is 0 Å². The number of hydrogen-bond donors (Lipinski definition) is 2. The fraction of sp³-hybridized carbons (Fsp3) is 0.938. The van der Waals surface area contributed by atoms with Crippen molar-refractivity contribution in [2.45, 2.75) is 69.6 Å². The first-order chi connectivity index (χ1) is 10.1. The van der Waals surface area contributed by atoms with Crippen molar-refractivity contribution in [3.63, 3.8) is 0 Å². The Balaban J connectivity index is 1.30. The summed E-state index contributed by atoms with van der Waals surface area (Å²) in [5.41, 5.74) is 0. The standard InChI is InChI=1S/C16H30N4O/c1-12(19(2)14-3-4-14)11-17-16(21)18-13-7-9-20(10-8-13)15-5-6-15/h12-15H,3-11H2,1-2H3,(H2,17,18,21)/t12-/m1/s1. The number of nitrogens with zero attached hydrogens (tertiary/aromatic N) is 2. The zero-order valence-electron chi connectivity index (χ0n) is 13.5. The lowest BCUT2D eigenvalue weighted by molar-refractivity contribution is 0.184. The maximum atomic E-state index is 12.0. The molecule has 5 nitrogen and oxygen atoms in total. The summed E-state index contributed by atoms with van der Waals surface area (Å²) >= 11 is 0. The topological polar surface area (TPSA) is 47.6 Å². The average Bonchev–Trinajstić information content (AvgIpc) is 3.37. The minimum absolute atomic E-state index is 0.0101. The number of hydrogen-bond acceptors (Lipinski definition) is 3. The van der Waals surface area contributed by atoms with Gasteiger partial charge in [0, 0.05) is 43.8 Å². The minimum atomic E-state index is 0.0101. The van der Waals surface area contributed by atoms with Crippen LogP contribution in [0, 0.1) is 0 Å². The molecule has 3 fully saturated rings. The average molecular weight is 294 g/mol. The molecule has 1 heterocycles. The van der Waals surface area contributed by atoms with Crippen LogP contribution >= 0.6 is 0 Å². The number of likely N-dealkylation sites (N-methyl/N-ethyl adjacent to an activating group) is 1. The van der Waals surface area contributed by atoms with E-state index in [0.29, 0.717) is 12.1 Å². The summed E-state index contributed by atoms with van der Waals surface area (Å²) in [5.74, 6) is 0. The van der Waals surface area contributed by atoms with Crippen LogP contribution in [-0.4, -0.2) is 66.7 Å². The predicted molar refractivity (Wildman–Crippen MR) is 84.4 cm³/mol. The highest BCUT2D eigenvalue weighted by Crippen LogP contribution is 2.29. The Bertz CT molecular complexity index is 359. The molecule has 0 bridgehead atoms. The molecule has 1 atom stereocenters. The molecule has 3 aliphatic rings. The number of carbonyl (C=O) groups excluding carboxylic acids is 1. The predicted octanol–water partition coefficient (Wildman–Crippen LogP) is 1.40. The van der Waals surface area contributed by atoms with Crippen molar-refractivity contribution in [2.24, 2.45) is 0 Å². The minimum Gasteiger partial charge on any atom is -0.337 e. The summed E-state index contributed by atoms with van der Waals surface area (Å²) in [4.78, 5) is 17.0. The highest BCUT2D eigenvalue weighted by atomic mass is 16.2. The molecular weight excluding hydrogens is 264 g/mol. The first-order valence-electron chi connectivity index (χ1n) is 8.64. The van der Waals surface area contributed by atoms with Gasteiger partial charge in [0.15, 0.2) is 0 Å². The van der Waals surface area contributed by atoms with Crippen LogP contribution in [0.4, 0.5) is 4.79 Å². The van der Waals surface area contributed by atoms with E-state index in [0.717, 1.165) is 44.6 Å². The maximum Gasteiger partial charge on any atom is 0.315 e. The number of urea groups is 1. The Morgan fingerprint density at radius 1 is 1.19 bits per heavy atom. The summed E-state index contributed by atoms with van der Waals surface area (Å²) in [6, 6.07) is 2.39. The lowest BCUT2D eigenvalue weighted by Gasteiger charge is -2.32. The Morgan fingerprint density at radius 2 is 1.86 bits per heavy atom. The lowest BCUT2D eigenvalue weighted by atomic mass is 10.1. The lowest BCUT2D eigenvalue weighted by Crippen LogP contribution is -2.50. The van der Waals surface area contributed by atoms with Crippen molar-refractivity contribution in [2.75, 3.05) is 26.7 Å². The Kier molecular flexibility index (Phi) is 4.69. The molecule has 0 aromatic carbocycles. The van der Waals surface area contributed by atoms with E-state index < -0.39 is 0 Å². The van der Waals surface area contributed by atoms with E-state index in [9.17, 15) is 4.79 Å². The normalized spacial score (nSPS) is 25.9. The Morgan fingerprint density at radius 3 is 2.43 bits per heavy atom. The van der Waals surface area contributed by atoms with Crippen LogP contribution in [0.15, 0.2) is 0 Å². The SMILES string of the molecule is C[C@H](CNC(=O)NC1CCN(C2CC2)CC1)N(C)C1CC1. The van der Waals surface area contributed by atoms with Crippen molar-refractivity contribution in [1.82, 2.24) is 20.4 Å². The molecule has 0 aromatic rings. The van der Waals surface area contributed by atoms with Gasteiger partial charge in [-0.2, -0.15) is 0 Å². The van der Waals surface area contributed by atoms with E-state index >= 15 is 0 Å². The third-order valence-electron chi connectivity index (χ3n) is 5.30. The monoisotopic (exact) mass is 294 g/mol. The molecule has 0 radical (unpaired) electrons. The summed E-state index contributed by atoms with van der Waals surface area (Å²) in [5, 5.41) is 6.18. The molecule has 2 amide bonds. The molecule has 120 valence electrons. The van der Waals surface area contributed by atoms with E-state index in [1.54, 1.807) is 0 Å². The van der Waals surface area contributed by atoms with Gasteiger partial charge in [-0.1, -0.05) is 0 Å². The van der Waals surface area contributed by atoms with Crippen LogP contribution in [0.5, 0.6) is 0 Å². The van der Waals surface area contributed by atoms with E-state index in [1.807, 2.05) is 0 Å². The van der Waals surface area contributed by atoms with Crippen LogP contribution in [0.25, 0.3) is 0 Å². The number of rotatable bonds is 6. The van der Waals surface area contributed by atoms with Gasteiger partial charge in [0.2, 0.25) is 0 Å². The number of piperidine rings is 1. The molecule has 0 aromatic heterocycles. The largest absolute Gasteiger partial charge is 0.337 e. The number of nitrogens with one attached hydrogen (secondary N) is 2. The van der Waals surface area contributed by atoms with Gasteiger partial charge in [-0.15, -0.1) is 0 Å². The molecule has 3 rings (SSSR count). The first-order valence-corrected chi connectivity index (χ1v) is 8.64. The molecule has 21 heavy (non-hydrogen) atoms. The molecule has 1 saturated heterocycles. The molecule has 2 N–H and O–H groups in total. The molecular formula is C16H30N4O. The second kappa shape index (κ2) is 6.53. The number of amides is 2. The molecule has 0 unspecified atom stereocenters. The highest BCUT2D eigenvalue weighted by molar-refractivity contribution is 5.74. The van der Waals surface area contributed by atoms with Crippen molar-refractivity contribution in [3.8, 4) is 0 Å². The van der Waals surface area contributed by atoms with E-state index in [-0.39, 0.29) is 6.03 Å². The zero-order chi connectivity index (χ0) is 14.8. The zero-order valence-corrected chi connectivity index (χ0v) is 13.5. The van der Waals surface area contributed by atoms with Gasteiger partial charge in [-0.25, -0.2) is 4.79 Å². The third-order valence-corrected chi connectivity index (χ3v) is 5.30. The van der Waals surface area contributed by atoms with E-state index in [4.69, 9.17) is 0 Å². The van der Waals surface area contributed by atoms with Crippen molar-refractivity contribution < 1.29 is 4.79 Å². The Labute approximate surface area is 128 Å². The van der Waals surface area contributed by atoms with Crippen molar-refractivity contribution >= 4 is 6.03 Å². The smallest absolute Gasteiger partial charge is 0.315 e. The van der Waals surface area contributed by atoms with Gasteiger partial charge >= 0.3 is 6.03 Å². The summed E-state index contributed by atoms with van der Waals surface area (Å²) in [7, 11) is 2.16. The van der Waals surface area contributed by atoms with Gasteiger partial charge in [-0.05, 0) is 52.5 Å². The van der Waals surface area contributed by atoms with E-state index in [2.05, 4.69) is 34.4 Å². The Hall–Kier alpha value is -0.810. The molecule has 1 aliphatic heterocycles. The summed E-state index contributed by atoms with van der Waals surface area (Å²) in [6.45, 7) is 5.22. The highest BCUT2D eigenvalue weighted by Gasteiger charge is 2.32. The molecule has 0 spiro atoms. The fourth-order valence-electron chi connectivity index (χ4n) is 3.31. The van der Waals surface area contributed by atoms with Gasteiger partial charge in [0.05, 0.1) is 0 Å². The quantitative estimate of drug-likeness (QED) is 0.778. The van der Waals surface area contributed by atoms with Gasteiger partial charge in [0.25, 0.3) is 0 Å². The molecule has 2 saturated carbocycles. The van der Waals surface area contributed by atoms with Crippen LogP contribution < -0.4 is 10.6 Å².